The first-order chi connectivity index (χ1) is 12.5. The molecule has 1 heterocycles. The van der Waals surface area contributed by atoms with Crippen LogP contribution in [0.25, 0.3) is 0 Å². The Bertz CT molecular complexity index is 735. The number of halogens is 2. The highest BCUT2D eigenvalue weighted by Gasteiger charge is 2.12. The van der Waals surface area contributed by atoms with E-state index in [0.717, 1.165) is 22.2 Å². The number of furan rings is 1. The Morgan fingerprint density at radius 2 is 2.00 bits per heavy atom. The van der Waals surface area contributed by atoms with Gasteiger partial charge in [0.15, 0.2) is 5.96 Å². The van der Waals surface area contributed by atoms with Crippen molar-refractivity contribution < 1.29 is 9.21 Å². The van der Waals surface area contributed by atoms with Crippen molar-refractivity contribution in [3.63, 3.8) is 0 Å². The number of carbonyl (C=O) groups excluding carboxylic acids is 1. The molecule has 0 bridgehead atoms. The first kappa shape index (κ1) is 23.5. The molecule has 2 N–H and O–H groups in total. The number of rotatable bonds is 7. The van der Waals surface area contributed by atoms with Crippen LogP contribution in [0, 0.1) is 0 Å². The number of benzene rings is 1. The molecule has 27 heavy (non-hydrogen) atoms. The van der Waals surface area contributed by atoms with Crippen molar-refractivity contribution in [3.05, 3.63) is 58.5 Å². The fourth-order valence-electron chi connectivity index (χ4n) is 2.31. The average Bonchev–Trinajstić information content (AvgIpc) is 3.12. The maximum atomic E-state index is 11.9. The van der Waals surface area contributed by atoms with Crippen molar-refractivity contribution in [1.82, 2.24) is 15.5 Å². The summed E-state index contributed by atoms with van der Waals surface area (Å²) in [6.45, 7) is 2.79. The van der Waals surface area contributed by atoms with Gasteiger partial charge in [-0.25, -0.2) is 4.99 Å². The lowest BCUT2D eigenvalue weighted by molar-refractivity contribution is -0.127. The highest BCUT2D eigenvalue weighted by atomic mass is 127. The second-order valence-electron chi connectivity index (χ2n) is 6.10. The van der Waals surface area contributed by atoms with Gasteiger partial charge in [-0.3, -0.25) is 4.79 Å². The van der Waals surface area contributed by atoms with Gasteiger partial charge in [0.05, 0.1) is 12.3 Å². The van der Waals surface area contributed by atoms with Crippen molar-refractivity contribution >= 4 is 51.8 Å². The van der Waals surface area contributed by atoms with Gasteiger partial charge in [0.2, 0.25) is 5.91 Å². The molecule has 1 aromatic heterocycles. The summed E-state index contributed by atoms with van der Waals surface area (Å²) in [4.78, 5) is 17.8. The third-order valence-electron chi connectivity index (χ3n) is 3.84. The minimum Gasteiger partial charge on any atom is -0.469 e. The number of guanidine groups is 1. The van der Waals surface area contributed by atoms with Gasteiger partial charge in [-0.15, -0.1) is 24.0 Å². The van der Waals surface area contributed by atoms with Crippen LogP contribution in [0.2, 0.25) is 0 Å². The summed E-state index contributed by atoms with van der Waals surface area (Å²) >= 11 is 3.57. The summed E-state index contributed by atoms with van der Waals surface area (Å²) in [5.74, 6) is 1.45. The van der Waals surface area contributed by atoms with Crippen molar-refractivity contribution in [2.24, 2.45) is 4.99 Å². The Balaban J connectivity index is 0.00000364. The molecule has 0 fully saturated rings. The SMILES string of the molecule is CC(NC(=NCC(=O)N(C)C)NCCc1ccco1)c1ccccc1Br.I. The van der Waals surface area contributed by atoms with Gasteiger partial charge in [0.25, 0.3) is 0 Å². The number of likely N-dealkylation sites (N-methyl/N-ethyl adjacent to an activating group) is 1. The van der Waals surface area contributed by atoms with E-state index in [1.165, 1.54) is 4.90 Å². The smallest absolute Gasteiger partial charge is 0.243 e. The molecule has 0 aliphatic carbocycles. The predicted octanol–water partition coefficient (Wildman–Crippen LogP) is 3.59. The van der Waals surface area contributed by atoms with Crippen LogP contribution in [-0.4, -0.2) is 44.0 Å². The highest BCUT2D eigenvalue weighted by molar-refractivity contribution is 14.0. The summed E-state index contributed by atoms with van der Waals surface area (Å²) in [5.41, 5.74) is 1.12. The average molecular weight is 549 g/mol. The van der Waals surface area contributed by atoms with E-state index < -0.39 is 0 Å². The van der Waals surface area contributed by atoms with Crippen LogP contribution in [0.5, 0.6) is 0 Å². The number of nitrogens with zero attached hydrogens (tertiary/aromatic N) is 2. The van der Waals surface area contributed by atoms with E-state index in [1.807, 2.05) is 36.4 Å². The molecular formula is C19H26BrIN4O2. The van der Waals surface area contributed by atoms with Gasteiger partial charge in [-0.05, 0) is 30.7 Å². The molecular weight excluding hydrogens is 523 g/mol. The highest BCUT2D eigenvalue weighted by Crippen LogP contribution is 2.22. The van der Waals surface area contributed by atoms with Crippen molar-refractivity contribution in [1.29, 1.82) is 0 Å². The summed E-state index contributed by atoms with van der Waals surface area (Å²) in [6.07, 6.45) is 2.39. The molecule has 2 aromatic rings. The summed E-state index contributed by atoms with van der Waals surface area (Å²) in [6, 6.07) is 11.9. The molecule has 0 spiro atoms. The minimum atomic E-state index is -0.0503. The van der Waals surface area contributed by atoms with Crippen LogP contribution in [0.3, 0.4) is 0 Å². The molecule has 0 saturated heterocycles. The second-order valence-corrected chi connectivity index (χ2v) is 6.95. The fraction of sp³-hybridized carbons (Fsp3) is 0.368. The molecule has 0 radical (unpaired) electrons. The van der Waals surface area contributed by atoms with Gasteiger partial charge in [-0.2, -0.15) is 0 Å². The molecule has 0 saturated carbocycles. The van der Waals surface area contributed by atoms with Gasteiger partial charge in [0.1, 0.15) is 12.3 Å². The second kappa shape index (κ2) is 12.0. The van der Waals surface area contributed by atoms with Crippen molar-refractivity contribution in [3.8, 4) is 0 Å². The van der Waals surface area contributed by atoms with E-state index in [2.05, 4.69) is 38.5 Å². The van der Waals surface area contributed by atoms with Crippen molar-refractivity contribution in [2.45, 2.75) is 19.4 Å². The Labute approximate surface area is 185 Å². The number of hydrogen-bond acceptors (Lipinski definition) is 3. The minimum absolute atomic E-state index is 0. The van der Waals surface area contributed by atoms with Crippen LogP contribution in [0.4, 0.5) is 0 Å². The lowest BCUT2D eigenvalue weighted by atomic mass is 10.1. The molecule has 0 aliphatic rings. The lowest BCUT2D eigenvalue weighted by Crippen LogP contribution is -2.40. The molecule has 6 nitrogen and oxygen atoms in total. The zero-order chi connectivity index (χ0) is 18.9. The van der Waals surface area contributed by atoms with Gasteiger partial charge in [-0.1, -0.05) is 34.1 Å². The number of nitrogens with one attached hydrogen (secondary N) is 2. The molecule has 1 amide bonds. The maximum absolute atomic E-state index is 11.9. The van der Waals surface area contributed by atoms with Crippen LogP contribution in [-0.2, 0) is 11.2 Å². The lowest BCUT2D eigenvalue weighted by Gasteiger charge is -2.20. The van der Waals surface area contributed by atoms with E-state index in [9.17, 15) is 4.79 Å². The monoisotopic (exact) mass is 548 g/mol. The first-order valence-electron chi connectivity index (χ1n) is 8.49. The predicted molar refractivity (Wildman–Crippen MR) is 123 cm³/mol. The van der Waals surface area contributed by atoms with Crippen molar-refractivity contribution in [2.75, 3.05) is 27.2 Å². The maximum Gasteiger partial charge on any atom is 0.243 e. The van der Waals surface area contributed by atoms with Crippen LogP contribution in [0.15, 0.2) is 56.5 Å². The Morgan fingerprint density at radius 3 is 2.63 bits per heavy atom. The van der Waals surface area contributed by atoms with Gasteiger partial charge in [0, 0.05) is 31.5 Å². The van der Waals surface area contributed by atoms with E-state index in [0.29, 0.717) is 12.5 Å². The summed E-state index contributed by atoms with van der Waals surface area (Å²) < 4.78 is 6.37. The number of hydrogen-bond donors (Lipinski definition) is 2. The number of carbonyl (C=O) groups is 1. The van der Waals surface area contributed by atoms with Crippen LogP contribution in [0.1, 0.15) is 24.3 Å². The first-order valence-corrected chi connectivity index (χ1v) is 9.28. The summed E-state index contributed by atoms with van der Waals surface area (Å²) in [7, 11) is 3.44. The normalized spacial score (nSPS) is 12.1. The van der Waals surface area contributed by atoms with Gasteiger partial charge >= 0.3 is 0 Å². The molecule has 1 aromatic carbocycles. The largest absolute Gasteiger partial charge is 0.469 e. The third kappa shape index (κ3) is 7.92. The van der Waals surface area contributed by atoms with E-state index >= 15 is 0 Å². The molecule has 8 heteroatoms. The Kier molecular flexibility index (Phi) is 10.5. The Morgan fingerprint density at radius 1 is 1.26 bits per heavy atom. The molecule has 0 aliphatic heterocycles. The zero-order valence-electron chi connectivity index (χ0n) is 15.7. The van der Waals surface area contributed by atoms with Crippen LogP contribution < -0.4 is 10.6 Å². The quantitative estimate of drug-likeness (QED) is 0.315. The third-order valence-corrected chi connectivity index (χ3v) is 4.56. The van der Waals surface area contributed by atoms with E-state index in [-0.39, 0.29) is 42.5 Å². The Hall–Kier alpha value is -1.55. The van der Waals surface area contributed by atoms with Gasteiger partial charge < -0.3 is 20.0 Å². The molecule has 2 rings (SSSR count). The molecule has 148 valence electrons. The zero-order valence-corrected chi connectivity index (χ0v) is 19.7. The van der Waals surface area contributed by atoms with E-state index in [4.69, 9.17) is 4.42 Å². The topological polar surface area (TPSA) is 69.9 Å². The van der Waals surface area contributed by atoms with Crippen LogP contribution >= 0.6 is 39.9 Å². The summed E-state index contributed by atoms with van der Waals surface area (Å²) in [5, 5.41) is 6.62. The number of amides is 1. The standard InChI is InChI=1S/C19H25BrN4O2.HI/c1-14(16-8-4-5-9-17(16)20)23-19(22-13-18(25)24(2)3)21-11-10-15-7-6-12-26-15;/h4-9,12,14H,10-11,13H2,1-3H3,(H2,21,22,23);1H. The molecule has 1 unspecified atom stereocenters. The van der Waals surface area contributed by atoms with E-state index in [1.54, 1.807) is 20.4 Å². The fourth-order valence-corrected chi connectivity index (χ4v) is 2.94. The number of aliphatic imine (C=N–C) groups is 1. The molecule has 1 atom stereocenters.